The summed E-state index contributed by atoms with van der Waals surface area (Å²) < 4.78 is 23.5. The average Bonchev–Trinajstić information content (AvgIpc) is 2.36. The van der Waals surface area contributed by atoms with Gasteiger partial charge >= 0.3 is 0 Å². The van der Waals surface area contributed by atoms with Gasteiger partial charge in [0.15, 0.2) is 0 Å². The molecule has 0 fully saturated rings. The van der Waals surface area contributed by atoms with E-state index in [0.717, 1.165) is 4.47 Å². The second-order valence-corrected chi connectivity index (χ2v) is 8.07. The van der Waals surface area contributed by atoms with Crippen LogP contribution in [0.1, 0.15) is 13.8 Å². The largest absolute Gasteiger partial charge is 0.324 e. The minimum absolute atomic E-state index is 0.0448. The second kappa shape index (κ2) is 7.91. The molecule has 0 spiro atoms. The first-order chi connectivity index (χ1) is 9.73. The number of rotatable bonds is 7. The van der Waals surface area contributed by atoms with Gasteiger partial charge in [0, 0.05) is 16.8 Å². The fraction of sp³-hybridized carbons (Fsp3) is 0.500. The fourth-order valence-corrected chi connectivity index (χ4v) is 3.53. The summed E-state index contributed by atoms with van der Waals surface area (Å²) in [4.78, 5) is 13.9. The Bertz CT molecular complexity index is 590. The first kappa shape index (κ1) is 18.1. The summed E-state index contributed by atoms with van der Waals surface area (Å²) in [6.07, 6.45) is 1.21. The lowest BCUT2D eigenvalue weighted by molar-refractivity contribution is -0.117. The Morgan fingerprint density at radius 1 is 1.38 bits per heavy atom. The Labute approximate surface area is 134 Å². The third-order valence-corrected chi connectivity index (χ3v) is 4.85. The molecule has 1 atom stereocenters. The molecule has 0 bridgehead atoms. The molecular formula is C14H21BrN2O3S. The second-order valence-electron chi connectivity index (χ2n) is 5.03. The van der Waals surface area contributed by atoms with E-state index >= 15 is 0 Å². The van der Waals surface area contributed by atoms with Crippen LogP contribution in [0.15, 0.2) is 28.7 Å². The highest BCUT2D eigenvalue weighted by Gasteiger charge is 2.19. The number of hydrogen-bond acceptors (Lipinski definition) is 4. The number of halogens is 1. The van der Waals surface area contributed by atoms with Crippen molar-refractivity contribution in [3.63, 3.8) is 0 Å². The van der Waals surface area contributed by atoms with Crippen LogP contribution in [0.5, 0.6) is 0 Å². The van der Waals surface area contributed by atoms with Gasteiger partial charge in [-0.1, -0.05) is 19.1 Å². The van der Waals surface area contributed by atoms with Gasteiger partial charge in [-0.15, -0.1) is 0 Å². The molecule has 118 valence electrons. The molecule has 0 saturated carbocycles. The van der Waals surface area contributed by atoms with Crippen LogP contribution in [-0.4, -0.2) is 50.4 Å². The zero-order valence-electron chi connectivity index (χ0n) is 12.5. The molecule has 21 heavy (non-hydrogen) atoms. The van der Waals surface area contributed by atoms with Crippen LogP contribution in [0, 0.1) is 0 Å². The van der Waals surface area contributed by atoms with E-state index in [2.05, 4.69) is 21.2 Å². The summed E-state index contributed by atoms with van der Waals surface area (Å²) in [6, 6.07) is 7.16. The third-order valence-electron chi connectivity index (χ3n) is 3.07. The van der Waals surface area contributed by atoms with Gasteiger partial charge in [0.1, 0.15) is 9.84 Å². The molecule has 7 heteroatoms. The van der Waals surface area contributed by atoms with Gasteiger partial charge in [-0.05, 0) is 41.5 Å². The average molecular weight is 377 g/mol. The maximum absolute atomic E-state index is 12.1. The van der Waals surface area contributed by atoms with Crippen LogP contribution in [0.4, 0.5) is 5.69 Å². The molecule has 0 aliphatic rings. The van der Waals surface area contributed by atoms with E-state index in [4.69, 9.17) is 0 Å². The SMILES string of the molecule is CCN(CC(=O)Nc1ccccc1Br)C(C)CS(C)(=O)=O. The molecule has 0 radical (unpaired) electrons. The van der Waals surface area contributed by atoms with Gasteiger partial charge in [0.2, 0.25) is 5.91 Å². The summed E-state index contributed by atoms with van der Waals surface area (Å²) in [7, 11) is -3.06. The number of para-hydroxylation sites is 1. The highest BCUT2D eigenvalue weighted by molar-refractivity contribution is 9.10. The molecule has 5 nitrogen and oxygen atoms in total. The monoisotopic (exact) mass is 376 g/mol. The van der Waals surface area contributed by atoms with E-state index in [0.29, 0.717) is 12.2 Å². The Hall–Kier alpha value is -0.920. The highest BCUT2D eigenvalue weighted by Crippen LogP contribution is 2.21. The normalized spacial score (nSPS) is 13.2. The van der Waals surface area contributed by atoms with Crippen molar-refractivity contribution >= 4 is 37.4 Å². The minimum atomic E-state index is -3.06. The lowest BCUT2D eigenvalue weighted by Crippen LogP contribution is -2.42. The summed E-state index contributed by atoms with van der Waals surface area (Å²) in [6.45, 7) is 4.50. The molecule has 1 amide bonds. The lowest BCUT2D eigenvalue weighted by atomic mass is 10.3. The van der Waals surface area contributed by atoms with E-state index in [-0.39, 0.29) is 24.2 Å². The molecule has 0 aromatic heterocycles. The molecule has 0 aliphatic carbocycles. The lowest BCUT2D eigenvalue weighted by Gasteiger charge is -2.26. The molecule has 1 aromatic rings. The standard InChI is InChI=1S/C14H21BrN2O3S/c1-4-17(11(2)10-21(3,19)20)9-14(18)16-13-8-6-5-7-12(13)15/h5-8,11H,4,9-10H2,1-3H3,(H,16,18). The van der Waals surface area contributed by atoms with E-state index in [1.54, 1.807) is 6.07 Å². The molecule has 0 heterocycles. The Kier molecular flexibility index (Phi) is 6.83. The first-order valence-electron chi connectivity index (χ1n) is 6.69. The number of benzene rings is 1. The van der Waals surface area contributed by atoms with Crippen molar-refractivity contribution in [1.82, 2.24) is 4.90 Å². The maximum atomic E-state index is 12.1. The summed E-state index contributed by atoms with van der Waals surface area (Å²) in [5.41, 5.74) is 0.703. The number of likely N-dealkylation sites (N-methyl/N-ethyl adjacent to an activating group) is 1. The van der Waals surface area contributed by atoms with Gasteiger partial charge in [-0.2, -0.15) is 0 Å². The smallest absolute Gasteiger partial charge is 0.238 e. The molecule has 0 saturated heterocycles. The highest BCUT2D eigenvalue weighted by atomic mass is 79.9. The Morgan fingerprint density at radius 2 is 2.00 bits per heavy atom. The summed E-state index contributed by atoms with van der Waals surface area (Å²) in [5.74, 6) is -0.118. The maximum Gasteiger partial charge on any atom is 0.238 e. The van der Waals surface area contributed by atoms with Crippen LogP contribution in [-0.2, 0) is 14.6 Å². The predicted octanol–water partition coefficient (Wildman–Crippen LogP) is 2.14. The van der Waals surface area contributed by atoms with Crippen molar-refractivity contribution in [2.45, 2.75) is 19.9 Å². The number of carbonyl (C=O) groups excluding carboxylic acids is 1. The number of sulfone groups is 1. The van der Waals surface area contributed by atoms with Crippen LogP contribution in [0.3, 0.4) is 0 Å². The molecule has 1 rings (SSSR count). The number of nitrogens with one attached hydrogen (secondary N) is 1. The number of amides is 1. The van der Waals surface area contributed by atoms with Crippen LogP contribution in [0.25, 0.3) is 0 Å². The minimum Gasteiger partial charge on any atom is -0.324 e. The van der Waals surface area contributed by atoms with E-state index in [9.17, 15) is 13.2 Å². The predicted molar refractivity (Wildman–Crippen MR) is 89.2 cm³/mol. The molecular weight excluding hydrogens is 356 g/mol. The zero-order valence-corrected chi connectivity index (χ0v) is 14.9. The third kappa shape index (κ3) is 6.58. The van der Waals surface area contributed by atoms with Crippen molar-refractivity contribution in [2.24, 2.45) is 0 Å². The van der Waals surface area contributed by atoms with Gasteiger partial charge < -0.3 is 5.32 Å². The van der Waals surface area contributed by atoms with Gasteiger partial charge in [0.05, 0.1) is 18.0 Å². The summed E-state index contributed by atoms with van der Waals surface area (Å²) in [5, 5.41) is 2.82. The van der Waals surface area contributed by atoms with Crippen LogP contribution in [0.2, 0.25) is 0 Å². The topological polar surface area (TPSA) is 66.5 Å². The zero-order chi connectivity index (χ0) is 16.0. The van der Waals surface area contributed by atoms with Crippen molar-refractivity contribution in [3.05, 3.63) is 28.7 Å². The molecule has 1 N–H and O–H groups in total. The van der Waals surface area contributed by atoms with E-state index in [1.807, 2.05) is 36.9 Å². The molecule has 1 unspecified atom stereocenters. The Morgan fingerprint density at radius 3 is 2.52 bits per heavy atom. The summed E-state index contributed by atoms with van der Waals surface area (Å²) >= 11 is 3.37. The number of nitrogens with zero attached hydrogens (tertiary/aromatic N) is 1. The van der Waals surface area contributed by atoms with Crippen LogP contribution < -0.4 is 5.32 Å². The van der Waals surface area contributed by atoms with Crippen molar-refractivity contribution < 1.29 is 13.2 Å². The number of hydrogen-bond donors (Lipinski definition) is 1. The van der Waals surface area contributed by atoms with Crippen molar-refractivity contribution in [3.8, 4) is 0 Å². The first-order valence-corrected chi connectivity index (χ1v) is 9.54. The fourth-order valence-electron chi connectivity index (χ4n) is 2.06. The van der Waals surface area contributed by atoms with Gasteiger partial charge in [0.25, 0.3) is 0 Å². The van der Waals surface area contributed by atoms with E-state index < -0.39 is 9.84 Å². The number of anilines is 1. The van der Waals surface area contributed by atoms with Gasteiger partial charge in [-0.3, -0.25) is 9.69 Å². The van der Waals surface area contributed by atoms with Crippen molar-refractivity contribution in [1.29, 1.82) is 0 Å². The van der Waals surface area contributed by atoms with Gasteiger partial charge in [-0.25, -0.2) is 8.42 Å². The number of carbonyl (C=O) groups is 1. The Balaban J connectivity index is 2.65. The van der Waals surface area contributed by atoms with Crippen molar-refractivity contribution in [2.75, 3.05) is 30.4 Å². The van der Waals surface area contributed by atoms with Crippen LogP contribution >= 0.6 is 15.9 Å². The van der Waals surface area contributed by atoms with E-state index in [1.165, 1.54) is 6.26 Å². The molecule has 0 aliphatic heterocycles. The quantitative estimate of drug-likeness (QED) is 0.791. The molecule has 1 aromatic carbocycles.